The van der Waals surface area contributed by atoms with E-state index >= 15 is 0 Å². The van der Waals surface area contributed by atoms with Crippen molar-refractivity contribution in [1.29, 1.82) is 0 Å². The number of H-pyrrole nitrogens is 1. The van der Waals surface area contributed by atoms with Gasteiger partial charge in [0.15, 0.2) is 0 Å². The van der Waals surface area contributed by atoms with Crippen LogP contribution >= 0.6 is 0 Å². The standard InChI is InChI=1S/C24H21NO2/c1-16(17-9-5-3-6-10-17)22-20-15-19(24(26)27-2)13-14-21(20)25-23(22)18-11-7-4-8-12-18/h3-16,25H,1-2H3. The van der Waals surface area contributed by atoms with Crippen LogP contribution in [0.3, 0.4) is 0 Å². The van der Waals surface area contributed by atoms with Crippen LogP contribution in [0, 0.1) is 0 Å². The summed E-state index contributed by atoms with van der Waals surface area (Å²) in [5.41, 5.74) is 6.21. The van der Waals surface area contributed by atoms with E-state index in [9.17, 15) is 4.79 Å². The second-order valence-corrected chi connectivity index (χ2v) is 6.66. The van der Waals surface area contributed by atoms with Crippen LogP contribution in [0.5, 0.6) is 0 Å². The molecule has 27 heavy (non-hydrogen) atoms. The number of aromatic nitrogens is 1. The van der Waals surface area contributed by atoms with E-state index in [0.29, 0.717) is 5.56 Å². The van der Waals surface area contributed by atoms with Crippen LogP contribution in [0.2, 0.25) is 0 Å². The topological polar surface area (TPSA) is 42.1 Å². The van der Waals surface area contributed by atoms with E-state index < -0.39 is 0 Å². The molecule has 0 bridgehead atoms. The van der Waals surface area contributed by atoms with Gasteiger partial charge in [0.05, 0.1) is 18.4 Å². The van der Waals surface area contributed by atoms with Crippen LogP contribution in [-0.4, -0.2) is 18.1 Å². The van der Waals surface area contributed by atoms with Crippen molar-refractivity contribution in [3.8, 4) is 11.3 Å². The average Bonchev–Trinajstić information content (AvgIpc) is 3.12. The minimum Gasteiger partial charge on any atom is -0.465 e. The number of fused-ring (bicyclic) bond motifs is 1. The molecule has 4 rings (SSSR count). The monoisotopic (exact) mass is 355 g/mol. The molecule has 3 aromatic carbocycles. The maximum atomic E-state index is 12.1. The Morgan fingerprint density at radius 2 is 1.59 bits per heavy atom. The number of hydrogen-bond acceptors (Lipinski definition) is 2. The molecule has 1 N–H and O–H groups in total. The highest BCUT2D eigenvalue weighted by atomic mass is 16.5. The first-order chi connectivity index (χ1) is 13.2. The number of carbonyl (C=O) groups is 1. The van der Waals surface area contributed by atoms with Gasteiger partial charge in [-0.05, 0) is 34.9 Å². The summed E-state index contributed by atoms with van der Waals surface area (Å²) >= 11 is 0. The SMILES string of the molecule is COC(=O)c1ccc2[nH]c(-c3ccccc3)c(C(C)c3ccccc3)c2c1. The molecule has 1 unspecified atom stereocenters. The molecule has 134 valence electrons. The molecule has 1 atom stereocenters. The number of carbonyl (C=O) groups excluding carboxylic acids is 1. The predicted molar refractivity (Wildman–Crippen MR) is 109 cm³/mol. The van der Waals surface area contributed by atoms with Crippen LogP contribution in [0.25, 0.3) is 22.2 Å². The zero-order chi connectivity index (χ0) is 18.8. The Kier molecular flexibility index (Phi) is 4.51. The summed E-state index contributed by atoms with van der Waals surface area (Å²) in [7, 11) is 1.41. The van der Waals surface area contributed by atoms with Crippen molar-refractivity contribution in [2.24, 2.45) is 0 Å². The lowest BCUT2D eigenvalue weighted by Gasteiger charge is -2.15. The van der Waals surface area contributed by atoms with Crippen molar-refractivity contribution in [2.75, 3.05) is 7.11 Å². The van der Waals surface area contributed by atoms with Gasteiger partial charge in [-0.1, -0.05) is 67.6 Å². The molecule has 3 heteroatoms. The molecule has 3 nitrogen and oxygen atoms in total. The van der Waals surface area contributed by atoms with Gasteiger partial charge in [-0.3, -0.25) is 0 Å². The third-order valence-corrected chi connectivity index (χ3v) is 5.05. The molecule has 0 spiro atoms. The highest BCUT2D eigenvalue weighted by Crippen LogP contribution is 2.38. The van der Waals surface area contributed by atoms with Crippen LogP contribution in [0.1, 0.15) is 34.3 Å². The molecule has 0 amide bonds. The highest BCUT2D eigenvalue weighted by molar-refractivity contribution is 5.98. The zero-order valence-electron chi connectivity index (χ0n) is 15.4. The van der Waals surface area contributed by atoms with Crippen molar-refractivity contribution < 1.29 is 9.53 Å². The van der Waals surface area contributed by atoms with Crippen molar-refractivity contribution in [3.63, 3.8) is 0 Å². The fraction of sp³-hybridized carbons (Fsp3) is 0.125. The summed E-state index contributed by atoms with van der Waals surface area (Å²) in [6.07, 6.45) is 0. The molecule has 0 fully saturated rings. The normalized spacial score (nSPS) is 12.1. The zero-order valence-corrected chi connectivity index (χ0v) is 15.4. The van der Waals surface area contributed by atoms with Crippen LogP contribution < -0.4 is 0 Å². The minimum atomic E-state index is -0.322. The molecular weight excluding hydrogens is 334 g/mol. The van der Waals surface area contributed by atoms with Gasteiger partial charge in [-0.2, -0.15) is 0 Å². The Morgan fingerprint density at radius 3 is 2.26 bits per heavy atom. The van der Waals surface area contributed by atoms with Gasteiger partial charge in [0.1, 0.15) is 0 Å². The molecule has 1 aromatic heterocycles. The Hall–Kier alpha value is -3.33. The second kappa shape index (κ2) is 7.12. The molecular formula is C24H21NO2. The summed E-state index contributed by atoms with van der Waals surface area (Å²) < 4.78 is 4.91. The maximum absolute atomic E-state index is 12.1. The molecule has 4 aromatic rings. The Labute approximate surface area is 158 Å². The summed E-state index contributed by atoms with van der Waals surface area (Å²) in [5, 5.41) is 1.05. The number of hydrogen-bond donors (Lipinski definition) is 1. The fourth-order valence-electron chi connectivity index (χ4n) is 3.65. The Morgan fingerprint density at radius 1 is 0.926 bits per heavy atom. The van der Waals surface area contributed by atoms with E-state index in [4.69, 9.17) is 4.74 Å². The number of ether oxygens (including phenoxy) is 1. The second-order valence-electron chi connectivity index (χ2n) is 6.66. The van der Waals surface area contributed by atoms with Crippen molar-refractivity contribution in [2.45, 2.75) is 12.8 Å². The van der Waals surface area contributed by atoms with Crippen LogP contribution in [0.4, 0.5) is 0 Å². The molecule has 0 aliphatic rings. The fourth-order valence-corrected chi connectivity index (χ4v) is 3.65. The number of nitrogens with one attached hydrogen (secondary N) is 1. The van der Waals surface area contributed by atoms with E-state index in [-0.39, 0.29) is 11.9 Å². The van der Waals surface area contributed by atoms with Gasteiger partial charge < -0.3 is 9.72 Å². The molecule has 0 saturated heterocycles. The maximum Gasteiger partial charge on any atom is 0.337 e. The van der Waals surface area contributed by atoms with Gasteiger partial charge in [0, 0.05) is 16.8 Å². The van der Waals surface area contributed by atoms with Crippen LogP contribution in [-0.2, 0) is 4.74 Å². The van der Waals surface area contributed by atoms with Gasteiger partial charge in [-0.25, -0.2) is 4.79 Å². The first kappa shape index (κ1) is 17.1. The minimum absolute atomic E-state index is 0.169. The van der Waals surface area contributed by atoms with Crippen molar-refractivity contribution in [3.05, 3.63) is 95.6 Å². The first-order valence-corrected chi connectivity index (χ1v) is 9.03. The van der Waals surface area contributed by atoms with E-state index in [1.807, 2.05) is 36.4 Å². The van der Waals surface area contributed by atoms with Gasteiger partial charge in [0.2, 0.25) is 0 Å². The number of benzene rings is 3. The average molecular weight is 355 g/mol. The van der Waals surface area contributed by atoms with Crippen molar-refractivity contribution in [1.82, 2.24) is 4.98 Å². The van der Waals surface area contributed by atoms with Crippen molar-refractivity contribution >= 4 is 16.9 Å². The van der Waals surface area contributed by atoms with Gasteiger partial charge in [0.25, 0.3) is 0 Å². The number of aromatic amines is 1. The number of rotatable bonds is 4. The van der Waals surface area contributed by atoms with Crippen LogP contribution in [0.15, 0.2) is 78.9 Å². The lowest BCUT2D eigenvalue weighted by Crippen LogP contribution is -2.01. The Bertz CT molecular complexity index is 1080. The van der Waals surface area contributed by atoms with E-state index in [2.05, 4.69) is 48.3 Å². The summed E-state index contributed by atoms with van der Waals surface area (Å²) in [6.45, 7) is 2.20. The molecule has 0 aliphatic carbocycles. The molecule has 0 aliphatic heterocycles. The summed E-state index contributed by atoms with van der Waals surface area (Å²) in [5.74, 6) is -0.152. The third kappa shape index (κ3) is 3.13. The lowest BCUT2D eigenvalue weighted by molar-refractivity contribution is 0.0601. The van der Waals surface area contributed by atoms with E-state index in [1.165, 1.54) is 18.2 Å². The number of methoxy groups -OCH3 is 1. The lowest BCUT2D eigenvalue weighted by atomic mass is 9.89. The molecule has 1 heterocycles. The smallest absolute Gasteiger partial charge is 0.337 e. The van der Waals surface area contributed by atoms with E-state index in [0.717, 1.165) is 22.2 Å². The summed E-state index contributed by atoms with van der Waals surface area (Å²) in [4.78, 5) is 15.6. The highest BCUT2D eigenvalue weighted by Gasteiger charge is 2.21. The molecule has 0 radical (unpaired) electrons. The third-order valence-electron chi connectivity index (χ3n) is 5.05. The largest absolute Gasteiger partial charge is 0.465 e. The Balaban J connectivity index is 1.98. The van der Waals surface area contributed by atoms with Gasteiger partial charge >= 0.3 is 5.97 Å². The molecule has 0 saturated carbocycles. The predicted octanol–water partition coefficient (Wildman–Crippen LogP) is 5.77. The summed E-state index contributed by atoms with van der Waals surface area (Å²) in [6, 6.07) is 26.4. The number of esters is 1. The van der Waals surface area contributed by atoms with E-state index in [1.54, 1.807) is 6.07 Å². The first-order valence-electron chi connectivity index (χ1n) is 9.03. The quantitative estimate of drug-likeness (QED) is 0.472. The van der Waals surface area contributed by atoms with Gasteiger partial charge in [-0.15, -0.1) is 0 Å².